The van der Waals surface area contributed by atoms with Gasteiger partial charge >= 0.3 is 11.8 Å². The van der Waals surface area contributed by atoms with Crippen molar-refractivity contribution in [1.82, 2.24) is 5.32 Å². The maximum Gasteiger partial charge on any atom is 0.416 e. The molecule has 2 aromatic rings. The molecule has 0 aliphatic rings. The van der Waals surface area contributed by atoms with E-state index in [9.17, 15) is 22.8 Å². The van der Waals surface area contributed by atoms with E-state index in [0.29, 0.717) is 0 Å². The summed E-state index contributed by atoms with van der Waals surface area (Å²) < 4.78 is 47.3. The minimum Gasteiger partial charge on any atom is -0.481 e. The topological polar surface area (TPSA) is 68.5 Å². The number of hydrogen-bond donors (Lipinski definition) is 1. The molecular weight excluding hydrogens is 339 g/mol. The highest BCUT2D eigenvalue weighted by atomic mass is 19.4. The first-order chi connectivity index (χ1) is 11.9. The van der Waals surface area contributed by atoms with Crippen LogP contribution >= 0.6 is 0 Å². The third kappa shape index (κ3) is 5.73. The molecule has 0 radical (unpaired) electrons. The molecule has 0 fully saturated rings. The monoisotopic (exact) mass is 351 g/mol. The molecule has 1 amide bonds. The molecule has 130 valence electrons. The molecule has 1 N–H and O–H groups in total. The summed E-state index contributed by atoms with van der Waals surface area (Å²) in [7, 11) is 0. The van der Waals surface area contributed by atoms with Crippen LogP contribution < -0.4 is 15.7 Å². The molecule has 0 aliphatic heterocycles. The molecule has 0 saturated carbocycles. The number of nitrogens with one attached hydrogen (secondary N) is 1. The second-order valence-electron chi connectivity index (χ2n) is 4.69. The summed E-state index contributed by atoms with van der Waals surface area (Å²) in [5, 5.41) is 2.47. The van der Waals surface area contributed by atoms with Crippen molar-refractivity contribution >= 4 is 5.91 Å². The van der Waals surface area contributed by atoms with Crippen molar-refractivity contribution in [2.24, 2.45) is 0 Å². The largest absolute Gasteiger partial charge is 0.481 e. The highest BCUT2D eigenvalue weighted by molar-refractivity contribution is 5.93. The van der Waals surface area contributed by atoms with Gasteiger partial charge in [0.1, 0.15) is 18.6 Å². The normalized spacial score (nSPS) is 10.5. The third-order valence-electron chi connectivity index (χ3n) is 2.90. The van der Waals surface area contributed by atoms with E-state index < -0.39 is 23.3 Å². The van der Waals surface area contributed by atoms with E-state index in [1.807, 2.05) is 0 Å². The Morgan fingerprint density at radius 1 is 1.20 bits per heavy atom. The van der Waals surface area contributed by atoms with Crippen molar-refractivity contribution in [2.75, 3.05) is 13.2 Å². The molecule has 0 saturated heterocycles. The molecule has 1 aromatic carbocycles. The zero-order valence-electron chi connectivity index (χ0n) is 12.7. The van der Waals surface area contributed by atoms with Crippen molar-refractivity contribution in [3.05, 3.63) is 64.2 Å². The molecule has 1 aromatic heterocycles. The van der Waals surface area contributed by atoms with Crippen molar-refractivity contribution in [3.8, 4) is 17.6 Å². The van der Waals surface area contributed by atoms with Crippen LogP contribution in [0.15, 0.2) is 51.9 Å². The number of hydrogen-bond acceptors (Lipinski definition) is 4. The summed E-state index contributed by atoms with van der Waals surface area (Å²) >= 11 is 0. The maximum atomic E-state index is 12.5. The summed E-state index contributed by atoms with van der Waals surface area (Å²) in [4.78, 5) is 22.4. The van der Waals surface area contributed by atoms with Gasteiger partial charge in [0.25, 0.3) is 5.91 Å². The first kappa shape index (κ1) is 18.1. The zero-order valence-corrected chi connectivity index (χ0v) is 12.7. The van der Waals surface area contributed by atoms with Gasteiger partial charge in [-0.15, -0.1) is 0 Å². The van der Waals surface area contributed by atoms with Crippen LogP contribution in [0.1, 0.15) is 15.9 Å². The number of amides is 1. The zero-order chi connectivity index (χ0) is 18.3. The fourth-order valence-electron chi connectivity index (χ4n) is 1.71. The first-order valence-corrected chi connectivity index (χ1v) is 6.99. The number of halogens is 3. The Kier molecular flexibility index (Phi) is 5.84. The first-order valence-electron chi connectivity index (χ1n) is 6.99. The van der Waals surface area contributed by atoms with E-state index in [2.05, 4.69) is 21.6 Å². The quantitative estimate of drug-likeness (QED) is 0.860. The van der Waals surface area contributed by atoms with Crippen molar-refractivity contribution in [3.63, 3.8) is 0 Å². The molecular formula is C17H12F3NO4. The molecule has 2 rings (SSSR count). The summed E-state index contributed by atoms with van der Waals surface area (Å²) in [6.07, 6.45) is -3.41. The predicted octanol–water partition coefficient (Wildman–Crippen LogP) is 2.47. The van der Waals surface area contributed by atoms with Crippen LogP contribution in [0.3, 0.4) is 0 Å². The Labute approximate surface area is 140 Å². The van der Waals surface area contributed by atoms with Crippen LogP contribution in [0.4, 0.5) is 13.2 Å². The Balaban J connectivity index is 1.79. The van der Waals surface area contributed by atoms with E-state index in [-0.39, 0.29) is 24.5 Å². The van der Waals surface area contributed by atoms with Gasteiger partial charge in [0.15, 0.2) is 0 Å². The van der Waals surface area contributed by atoms with E-state index >= 15 is 0 Å². The SMILES string of the molecule is O=C(NCC#CCOc1cccc(C(F)(F)F)c1)c1ccc(=O)oc1. The van der Waals surface area contributed by atoms with Crippen LogP contribution in [-0.4, -0.2) is 19.1 Å². The van der Waals surface area contributed by atoms with Crippen LogP contribution in [0, 0.1) is 11.8 Å². The average molecular weight is 351 g/mol. The second kappa shape index (κ2) is 8.06. The number of carbonyl (C=O) groups is 1. The van der Waals surface area contributed by atoms with E-state index in [1.165, 1.54) is 18.2 Å². The third-order valence-corrected chi connectivity index (χ3v) is 2.90. The van der Waals surface area contributed by atoms with Crippen LogP contribution in [0.2, 0.25) is 0 Å². The van der Waals surface area contributed by atoms with Crippen LogP contribution in [0.5, 0.6) is 5.75 Å². The minimum atomic E-state index is -4.44. The molecule has 5 nitrogen and oxygen atoms in total. The summed E-state index contributed by atoms with van der Waals surface area (Å²) in [5.41, 5.74) is -1.20. The van der Waals surface area contributed by atoms with Crippen LogP contribution in [-0.2, 0) is 6.18 Å². The van der Waals surface area contributed by atoms with E-state index in [4.69, 9.17) is 4.74 Å². The fourth-order valence-corrected chi connectivity index (χ4v) is 1.71. The van der Waals surface area contributed by atoms with Crippen molar-refractivity contribution in [1.29, 1.82) is 0 Å². The van der Waals surface area contributed by atoms with Gasteiger partial charge in [0, 0.05) is 6.07 Å². The number of benzene rings is 1. The van der Waals surface area contributed by atoms with Crippen molar-refractivity contribution < 1.29 is 27.1 Å². The number of ether oxygens (including phenoxy) is 1. The van der Waals surface area contributed by atoms with E-state index in [0.717, 1.165) is 24.5 Å². The van der Waals surface area contributed by atoms with Gasteiger partial charge in [-0.05, 0) is 24.3 Å². The number of alkyl halides is 3. The Morgan fingerprint density at radius 2 is 2.00 bits per heavy atom. The van der Waals surface area contributed by atoms with Gasteiger partial charge in [-0.25, -0.2) is 4.79 Å². The molecule has 1 heterocycles. The molecule has 8 heteroatoms. The lowest BCUT2D eigenvalue weighted by Crippen LogP contribution is -2.23. The summed E-state index contributed by atoms with van der Waals surface area (Å²) in [6, 6.07) is 6.88. The van der Waals surface area contributed by atoms with Gasteiger partial charge in [-0.1, -0.05) is 17.9 Å². The molecule has 0 bridgehead atoms. The highest BCUT2D eigenvalue weighted by Gasteiger charge is 2.30. The Morgan fingerprint density at radius 3 is 2.68 bits per heavy atom. The maximum absolute atomic E-state index is 12.5. The van der Waals surface area contributed by atoms with Gasteiger partial charge in [0.2, 0.25) is 0 Å². The van der Waals surface area contributed by atoms with Gasteiger partial charge < -0.3 is 14.5 Å². The predicted molar refractivity (Wildman–Crippen MR) is 82.0 cm³/mol. The minimum absolute atomic E-state index is 0.00388. The van der Waals surface area contributed by atoms with Gasteiger partial charge in [-0.2, -0.15) is 13.2 Å². The lowest BCUT2D eigenvalue weighted by Gasteiger charge is -2.08. The number of carbonyl (C=O) groups excluding carboxylic acids is 1. The highest BCUT2D eigenvalue weighted by Crippen LogP contribution is 2.31. The van der Waals surface area contributed by atoms with E-state index in [1.54, 1.807) is 0 Å². The molecule has 0 atom stereocenters. The summed E-state index contributed by atoms with van der Waals surface area (Å²) in [5.74, 6) is 4.73. The second-order valence-corrected chi connectivity index (χ2v) is 4.69. The fraction of sp³-hybridized carbons (Fsp3) is 0.176. The molecule has 0 spiro atoms. The lowest BCUT2D eigenvalue weighted by atomic mass is 10.2. The van der Waals surface area contributed by atoms with Crippen LogP contribution in [0.25, 0.3) is 0 Å². The van der Waals surface area contributed by atoms with Gasteiger partial charge in [-0.3, -0.25) is 4.79 Å². The Hall–Kier alpha value is -3.21. The molecule has 0 aliphatic carbocycles. The number of rotatable bonds is 4. The molecule has 0 unspecified atom stereocenters. The Bertz CT molecular complexity index is 842. The van der Waals surface area contributed by atoms with Gasteiger partial charge in [0.05, 0.1) is 17.7 Å². The summed E-state index contributed by atoms with van der Waals surface area (Å²) in [6.45, 7) is -0.124. The van der Waals surface area contributed by atoms with Crippen molar-refractivity contribution in [2.45, 2.75) is 6.18 Å². The smallest absolute Gasteiger partial charge is 0.416 e. The standard InChI is InChI=1S/C17H12F3NO4/c18-17(19,20)13-4-3-5-14(10-13)24-9-2-1-8-21-16(23)12-6-7-15(22)25-11-12/h3-7,10-11H,8-9H2,(H,21,23). The lowest BCUT2D eigenvalue weighted by molar-refractivity contribution is -0.137. The molecule has 25 heavy (non-hydrogen) atoms. The average Bonchev–Trinajstić information content (AvgIpc) is 2.58.